The molecule has 0 saturated carbocycles. The van der Waals surface area contributed by atoms with Crippen LogP contribution in [-0.4, -0.2) is 74.6 Å². The van der Waals surface area contributed by atoms with Crippen LogP contribution in [0.15, 0.2) is 12.5 Å². The number of thiol groups is 1. The van der Waals surface area contributed by atoms with Gasteiger partial charge in [-0.2, -0.15) is 12.6 Å². The zero-order valence-electron chi connectivity index (χ0n) is 16.1. The van der Waals surface area contributed by atoms with Crippen molar-refractivity contribution in [3.63, 3.8) is 0 Å². The molecule has 1 heterocycles. The van der Waals surface area contributed by atoms with Crippen LogP contribution in [0.25, 0.3) is 0 Å². The van der Waals surface area contributed by atoms with Gasteiger partial charge in [0.25, 0.3) is 0 Å². The number of carbonyl (C=O) groups excluding carboxylic acids is 4. The molecule has 4 amide bonds. The van der Waals surface area contributed by atoms with Crippen molar-refractivity contribution in [2.45, 2.75) is 43.9 Å². The monoisotopic (exact) mass is 443 g/mol. The normalized spacial score (nSPS) is 14.6. The van der Waals surface area contributed by atoms with Gasteiger partial charge in [0.1, 0.15) is 18.1 Å². The van der Waals surface area contributed by atoms with Gasteiger partial charge < -0.3 is 37.5 Å². The number of carbonyl (C=O) groups is 5. The van der Waals surface area contributed by atoms with Crippen LogP contribution in [0.1, 0.15) is 19.0 Å². The van der Waals surface area contributed by atoms with Crippen molar-refractivity contribution in [2.75, 3.05) is 5.75 Å². The lowest BCUT2D eigenvalue weighted by Gasteiger charge is -2.23. The van der Waals surface area contributed by atoms with Gasteiger partial charge in [0, 0.05) is 24.1 Å². The summed E-state index contributed by atoms with van der Waals surface area (Å²) in [6.07, 6.45) is 2.38. The van der Waals surface area contributed by atoms with Gasteiger partial charge in [0.05, 0.1) is 18.8 Å². The van der Waals surface area contributed by atoms with E-state index in [4.69, 9.17) is 16.6 Å². The third-order valence-electron chi connectivity index (χ3n) is 3.91. The summed E-state index contributed by atoms with van der Waals surface area (Å²) in [5, 5.41) is 15.9. The first-order chi connectivity index (χ1) is 14.0. The molecule has 1 aromatic heterocycles. The number of amides is 4. The topological polar surface area (TPSA) is 222 Å². The van der Waals surface area contributed by atoms with Gasteiger partial charge in [-0.05, 0) is 6.92 Å². The molecule has 0 aliphatic rings. The van der Waals surface area contributed by atoms with E-state index in [-0.39, 0.29) is 12.2 Å². The smallest absolute Gasteiger partial charge is 0.325 e. The van der Waals surface area contributed by atoms with E-state index in [1.807, 2.05) is 0 Å². The van der Waals surface area contributed by atoms with Crippen LogP contribution in [0.5, 0.6) is 0 Å². The Morgan fingerprint density at radius 1 is 1.13 bits per heavy atom. The highest BCUT2D eigenvalue weighted by Crippen LogP contribution is 2.02. The van der Waals surface area contributed by atoms with E-state index in [0.29, 0.717) is 5.69 Å². The molecule has 4 atom stereocenters. The SMILES string of the molecule is CC(NC(=O)C(CS)NC(=O)C(Cc1cnc[nH]1)NC(=O)C(N)CC(N)=O)C(=O)O. The molecule has 9 N–H and O–H groups in total. The molecular formula is C16H25N7O6S. The van der Waals surface area contributed by atoms with Crippen LogP contribution in [-0.2, 0) is 30.4 Å². The van der Waals surface area contributed by atoms with Crippen LogP contribution in [0.4, 0.5) is 0 Å². The molecule has 13 nitrogen and oxygen atoms in total. The third-order valence-corrected chi connectivity index (χ3v) is 4.28. The van der Waals surface area contributed by atoms with Crippen LogP contribution in [0.2, 0.25) is 0 Å². The Balaban J connectivity index is 2.89. The third kappa shape index (κ3) is 8.08. The highest BCUT2D eigenvalue weighted by atomic mass is 32.1. The molecule has 0 aliphatic heterocycles. The lowest BCUT2D eigenvalue weighted by molar-refractivity contribution is -0.141. The summed E-state index contributed by atoms with van der Waals surface area (Å²) >= 11 is 4.00. The molecule has 0 aliphatic carbocycles. The molecule has 0 bridgehead atoms. The first kappa shape index (κ1) is 24.9. The highest BCUT2D eigenvalue weighted by molar-refractivity contribution is 7.80. The molecule has 0 spiro atoms. The molecule has 0 fully saturated rings. The average molecular weight is 443 g/mol. The Kier molecular flexibility index (Phi) is 9.77. The number of imidazole rings is 1. The van der Waals surface area contributed by atoms with Crippen molar-refractivity contribution < 1.29 is 29.1 Å². The maximum absolute atomic E-state index is 12.7. The molecule has 166 valence electrons. The van der Waals surface area contributed by atoms with E-state index < -0.39 is 60.2 Å². The standard InChI is InChI=1S/C16H25N7O6S/c1-7(16(28)29)21-15(27)11(5-30)23-14(26)10(2-8-4-19-6-20-8)22-13(25)9(17)3-12(18)24/h4,6-7,9-11,30H,2-3,5,17H2,1H3,(H2,18,24)(H,19,20)(H,21,27)(H,22,25)(H,23,26)(H,28,29). The van der Waals surface area contributed by atoms with Gasteiger partial charge in [0.15, 0.2) is 0 Å². The Labute approximate surface area is 177 Å². The number of H-pyrrole nitrogens is 1. The van der Waals surface area contributed by atoms with Crippen molar-refractivity contribution in [2.24, 2.45) is 11.5 Å². The summed E-state index contributed by atoms with van der Waals surface area (Å²) in [4.78, 5) is 65.6. The van der Waals surface area contributed by atoms with E-state index in [1.54, 1.807) is 0 Å². The number of nitrogens with one attached hydrogen (secondary N) is 4. The molecular weight excluding hydrogens is 418 g/mol. The molecule has 0 saturated heterocycles. The summed E-state index contributed by atoms with van der Waals surface area (Å²) in [5.74, 6) is -4.46. The van der Waals surface area contributed by atoms with Gasteiger partial charge in [-0.25, -0.2) is 4.98 Å². The van der Waals surface area contributed by atoms with Gasteiger partial charge in [-0.1, -0.05) is 0 Å². The predicted molar refractivity (Wildman–Crippen MR) is 107 cm³/mol. The van der Waals surface area contributed by atoms with E-state index in [9.17, 15) is 24.0 Å². The van der Waals surface area contributed by atoms with Crippen LogP contribution in [0.3, 0.4) is 0 Å². The number of carboxylic acid groups (broad SMARTS) is 1. The molecule has 14 heteroatoms. The molecule has 1 rings (SSSR count). The summed E-state index contributed by atoms with van der Waals surface area (Å²) in [7, 11) is 0. The Morgan fingerprint density at radius 2 is 1.73 bits per heavy atom. The summed E-state index contributed by atoms with van der Waals surface area (Å²) < 4.78 is 0. The Morgan fingerprint density at radius 3 is 2.23 bits per heavy atom. The fraction of sp³-hybridized carbons (Fsp3) is 0.500. The largest absolute Gasteiger partial charge is 0.480 e. The lowest BCUT2D eigenvalue weighted by atomic mass is 10.1. The van der Waals surface area contributed by atoms with Crippen molar-refractivity contribution >= 4 is 42.2 Å². The minimum Gasteiger partial charge on any atom is -0.480 e. The molecule has 4 unspecified atom stereocenters. The molecule has 0 aromatic carbocycles. The fourth-order valence-corrected chi connectivity index (χ4v) is 2.51. The summed E-state index contributed by atoms with van der Waals surface area (Å²) in [5.41, 5.74) is 11.1. The first-order valence-electron chi connectivity index (χ1n) is 8.81. The first-order valence-corrected chi connectivity index (χ1v) is 9.44. The van der Waals surface area contributed by atoms with E-state index in [1.165, 1.54) is 19.4 Å². The van der Waals surface area contributed by atoms with Crippen LogP contribution < -0.4 is 27.4 Å². The predicted octanol–water partition coefficient (Wildman–Crippen LogP) is -3.36. The average Bonchev–Trinajstić information content (AvgIpc) is 3.17. The number of aliphatic carboxylic acids is 1. The number of rotatable bonds is 12. The van der Waals surface area contributed by atoms with Gasteiger partial charge >= 0.3 is 5.97 Å². The quantitative estimate of drug-likeness (QED) is 0.152. The number of nitrogens with two attached hydrogens (primary N) is 2. The minimum absolute atomic E-state index is 0.0205. The number of hydrogen-bond acceptors (Lipinski definition) is 8. The summed E-state index contributed by atoms with van der Waals surface area (Å²) in [6.45, 7) is 1.26. The number of nitrogens with zero attached hydrogens (tertiary/aromatic N) is 1. The number of aromatic amines is 1. The number of hydrogen-bond donors (Lipinski definition) is 8. The highest BCUT2D eigenvalue weighted by Gasteiger charge is 2.29. The fourth-order valence-electron chi connectivity index (χ4n) is 2.26. The second kappa shape index (κ2) is 11.8. The molecule has 1 aromatic rings. The van der Waals surface area contributed by atoms with Gasteiger partial charge in [-0.15, -0.1) is 0 Å². The van der Waals surface area contributed by atoms with Crippen molar-refractivity contribution in [3.8, 4) is 0 Å². The zero-order valence-corrected chi connectivity index (χ0v) is 17.0. The maximum Gasteiger partial charge on any atom is 0.325 e. The number of carboxylic acids is 1. The maximum atomic E-state index is 12.7. The van der Waals surface area contributed by atoms with Gasteiger partial charge in [0.2, 0.25) is 23.6 Å². The van der Waals surface area contributed by atoms with Gasteiger partial charge in [-0.3, -0.25) is 24.0 Å². The number of aromatic nitrogens is 2. The molecule has 0 radical (unpaired) electrons. The second-order valence-electron chi connectivity index (χ2n) is 6.43. The zero-order chi connectivity index (χ0) is 22.8. The van der Waals surface area contributed by atoms with Crippen LogP contribution >= 0.6 is 12.6 Å². The van der Waals surface area contributed by atoms with Crippen molar-refractivity contribution in [3.05, 3.63) is 18.2 Å². The summed E-state index contributed by atoms with van der Waals surface area (Å²) in [6, 6.07) is -4.78. The van der Waals surface area contributed by atoms with Crippen molar-refractivity contribution in [1.29, 1.82) is 0 Å². The Hall–Kier alpha value is -3.13. The van der Waals surface area contributed by atoms with E-state index in [0.717, 1.165) is 0 Å². The van der Waals surface area contributed by atoms with E-state index >= 15 is 0 Å². The number of primary amides is 1. The van der Waals surface area contributed by atoms with Crippen LogP contribution in [0, 0.1) is 0 Å². The second-order valence-corrected chi connectivity index (χ2v) is 6.80. The minimum atomic E-state index is -1.26. The van der Waals surface area contributed by atoms with Crippen molar-refractivity contribution in [1.82, 2.24) is 25.9 Å². The lowest BCUT2D eigenvalue weighted by Crippen LogP contribution is -2.58. The Bertz CT molecular complexity index is 772. The van der Waals surface area contributed by atoms with E-state index in [2.05, 4.69) is 38.5 Å². The molecule has 30 heavy (non-hydrogen) atoms.